The van der Waals surface area contributed by atoms with Gasteiger partial charge in [0, 0.05) is 24.2 Å². The van der Waals surface area contributed by atoms with Crippen molar-refractivity contribution in [2.75, 3.05) is 20.2 Å². The first-order chi connectivity index (χ1) is 14.6. The fourth-order valence-corrected chi connectivity index (χ4v) is 3.44. The predicted octanol–water partition coefficient (Wildman–Crippen LogP) is 3.27. The Morgan fingerprint density at radius 1 is 0.967 bits per heavy atom. The van der Waals surface area contributed by atoms with Crippen molar-refractivity contribution in [1.82, 2.24) is 10.6 Å². The molecule has 0 aromatic heterocycles. The number of hydrogen-bond donors (Lipinski definition) is 3. The number of ether oxygens (including phenoxy) is 2. The highest BCUT2D eigenvalue weighted by Crippen LogP contribution is 2.32. The van der Waals surface area contributed by atoms with Crippen LogP contribution in [-0.2, 0) is 0 Å². The van der Waals surface area contributed by atoms with Crippen LogP contribution in [0.4, 0.5) is 0 Å². The van der Waals surface area contributed by atoms with E-state index in [4.69, 9.17) is 9.47 Å². The van der Waals surface area contributed by atoms with Crippen LogP contribution >= 0.6 is 0 Å². The molecule has 0 atom stereocenters. The van der Waals surface area contributed by atoms with Crippen LogP contribution in [0.15, 0.2) is 42.5 Å². The van der Waals surface area contributed by atoms with E-state index in [1.807, 2.05) is 0 Å². The maximum atomic E-state index is 12.4. The van der Waals surface area contributed by atoms with Gasteiger partial charge in [-0.05, 0) is 68.5 Å². The summed E-state index contributed by atoms with van der Waals surface area (Å²) in [7, 11) is 1.56. The molecule has 0 aliphatic heterocycles. The molecule has 0 saturated heterocycles. The van der Waals surface area contributed by atoms with E-state index in [9.17, 15) is 14.7 Å². The van der Waals surface area contributed by atoms with Crippen LogP contribution in [0.3, 0.4) is 0 Å². The number of amides is 2. The minimum Gasteiger partial charge on any atom is -0.508 e. The molecule has 2 amide bonds. The number of phenols is 1. The van der Waals surface area contributed by atoms with Gasteiger partial charge in [-0.15, -0.1) is 0 Å². The number of carbonyl (C=O) groups is 2. The lowest BCUT2D eigenvalue weighted by Gasteiger charge is -2.16. The van der Waals surface area contributed by atoms with E-state index in [1.54, 1.807) is 37.4 Å². The van der Waals surface area contributed by atoms with Gasteiger partial charge in [-0.3, -0.25) is 9.59 Å². The normalized spacial score (nSPS) is 13.6. The van der Waals surface area contributed by atoms with Gasteiger partial charge >= 0.3 is 0 Å². The van der Waals surface area contributed by atoms with E-state index in [1.165, 1.54) is 25.0 Å². The van der Waals surface area contributed by atoms with Gasteiger partial charge in [0.2, 0.25) is 0 Å². The summed E-state index contributed by atoms with van der Waals surface area (Å²) in [6.45, 7) is 0.827. The van der Waals surface area contributed by atoms with E-state index in [0.717, 1.165) is 12.8 Å². The molecule has 30 heavy (non-hydrogen) atoms. The van der Waals surface area contributed by atoms with Crippen molar-refractivity contribution in [2.24, 2.45) is 0 Å². The van der Waals surface area contributed by atoms with Crippen LogP contribution in [0.2, 0.25) is 0 Å². The summed E-state index contributed by atoms with van der Waals surface area (Å²) < 4.78 is 11.4. The Kier molecular flexibility index (Phi) is 7.54. The van der Waals surface area contributed by atoms with Crippen LogP contribution in [-0.4, -0.2) is 43.2 Å². The highest BCUT2D eigenvalue weighted by molar-refractivity contribution is 5.95. The zero-order valence-electron chi connectivity index (χ0n) is 17.1. The Bertz CT molecular complexity index is 878. The molecule has 0 heterocycles. The molecule has 0 radical (unpaired) electrons. The van der Waals surface area contributed by atoms with Crippen molar-refractivity contribution in [1.29, 1.82) is 0 Å². The Labute approximate surface area is 176 Å². The highest BCUT2D eigenvalue weighted by atomic mass is 16.5. The molecule has 160 valence electrons. The molecular formula is C23H28N2O5. The lowest BCUT2D eigenvalue weighted by molar-refractivity contribution is 0.0951. The van der Waals surface area contributed by atoms with Gasteiger partial charge in [-0.25, -0.2) is 0 Å². The predicted molar refractivity (Wildman–Crippen MR) is 113 cm³/mol. The fraction of sp³-hybridized carbons (Fsp3) is 0.391. The lowest BCUT2D eigenvalue weighted by atomic mass is 10.1. The maximum absolute atomic E-state index is 12.4. The second-order valence-corrected chi connectivity index (χ2v) is 7.31. The minimum atomic E-state index is -0.264. The van der Waals surface area contributed by atoms with Crippen molar-refractivity contribution in [2.45, 2.75) is 38.2 Å². The maximum Gasteiger partial charge on any atom is 0.251 e. The van der Waals surface area contributed by atoms with E-state index >= 15 is 0 Å². The molecule has 1 aliphatic rings. The summed E-state index contributed by atoms with van der Waals surface area (Å²) in [6, 6.07) is 11.4. The molecule has 1 aliphatic carbocycles. The SMILES string of the molecule is COc1cc(C(=O)NCCCNC(=O)c2cccc(O)c2)ccc1OC1CCCC1. The molecule has 1 saturated carbocycles. The molecule has 3 rings (SSSR count). The highest BCUT2D eigenvalue weighted by Gasteiger charge is 2.19. The number of carbonyl (C=O) groups excluding carboxylic acids is 2. The van der Waals surface area contributed by atoms with Crippen LogP contribution in [0, 0.1) is 0 Å². The molecule has 0 spiro atoms. The van der Waals surface area contributed by atoms with E-state index in [-0.39, 0.29) is 23.7 Å². The van der Waals surface area contributed by atoms with Gasteiger partial charge < -0.3 is 25.2 Å². The molecule has 7 nitrogen and oxygen atoms in total. The first-order valence-corrected chi connectivity index (χ1v) is 10.3. The standard InChI is InChI=1S/C23H28N2O5/c1-29-21-15-17(10-11-20(21)30-19-8-2-3-9-19)23(28)25-13-5-12-24-22(27)16-6-4-7-18(26)14-16/h4,6-7,10-11,14-15,19,26H,2-3,5,8-9,12-13H2,1H3,(H,24,27)(H,25,28). The number of rotatable bonds is 9. The number of benzene rings is 2. The number of phenolic OH excluding ortho intramolecular Hbond substituents is 1. The van der Waals surface area contributed by atoms with Crippen molar-refractivity contribution >= 4 is 11.8 Å². The molecule has 1 fully saturated rings. The first-order valence-electron chi connectivity index (χ1n) is 10.3. The van der Waals surface area contributed by atoms with Gasteiger partial charge in [0.25, 0.3) is 11.8 Å². The average molecular weight is 412 g/mol. The summed E-state index contributed by atoms with van der Waals surface area (Å²) in [5, 5.41) is 15.0. The number of aromatic hydroxyl groups is 1. The third-order valence-electron chi connectivity index (χ3n) is 5.05. The second kappa shape index (κ2) is 10.5. The third kappa shape index (κ3) is 5.89. The molecule has 2 aromatic rings. The lowest BCUT2D eigenvalue weighted by Crippen LogP contribution is -2.29. The Hall–Kier alpha value is -3.22. The number of methoxy groups -OCH3 is 1. The number of nitrogens with one attached hydrogen (secondary N) is 2. The van der Waals surface area contributed by atoms with E-state index in [0.29, 0.717) is 42.1 Å². The van der Waals surface area contributed by atoms with Crippen molar-refractivity contribution in [3.8, 4) is 17.2 Å². The third-order valence-corrected chi connectivity index (χ3v) is 5.05. The molecule has 0 unspecified atom stereocenters. The van der Waals surface area contributed by atoms with Crippen molar-refractivity contribution < 1.29 is 24.2 Å². The van der Waals surface area contributed by atoms with Gasteiger partial charge in [0.1, 0.15) is 5.75 Å². The first kappa shape index (κ1) is 21.5. The fourth-order valence-electron chi connectivity index (χ4n) is 3.44. The van der Waals surface area contributed by atoms with Crippen molar-refractivity contribution in [3.63, 3.8) is 0 Å². The number of hydrogen-bond acceptors (Lipinski definition) is 5. The zero-order chi connectivity index (χ0) is 21.3. The van der Waals surface area contributed by atoms with Crippen molar-refractivity contribution in [3.05, 3.63) is 53.6 Å². The van der Waals surface area contributed by atoms with E-state index < -0.39 is 0 Å². The van der Waals surface area contributed by atoms with Gasteiger partial charge in [0.15, 0.2) is 11.5 Å². The minimum absolute atomic E-state index is 0.0463. The van der Waals surface area contributed by atoms with Gasteiger partial charge in [0.05, 0.1) is 13.2 Å². The van der Waals surface area contributed by atoms with Crippen LogP contribution in [0.25, 0.3) is 0 Å². The summed E-state index contributed by atoms with van der Waals surface area (Å²) in [5.41, 5.74) is 0.889. The molecular weight excluding hydrogens is 384 g/mol. The molecule has 0 bridgehead atoms. The summed E-state index contributed by atoms with van der Waals surface area (Å²) >= 11 is 0. The Morgan fingerprint density at radius 3 is 2.27 bits per heavy atom. The zero-order valence-corrected chi connectivity index (χ0v) is 17.1. The molecule has 7 heteroatoms. The summed E-state index contributed by atoms with van der Waals surface area (Å²) in [4.78, 5) is 24.4. The monoisotopic (exact) mass is 412 g/mol. The summed E-state index contributed by atoms with van der Waals surface area (Å²) in [5.74, 6) is 0.786. The average Bonchev–Trinajstić information content (AvgIpc) is 3.26. The topological polar surface area (TPSA) is 96.9 Å². The molecule has 3 N–H and O–H groups in total. The van der Waals surface area contributed by atoms with E-state index in [2.05, 4.69) is 10.6 Å². The van der Waals surface area contributed by atoms with Crippen LogP contribution < -0.4 is 20.1 Å². The Morgan fingerprint density at radius 2 is 1.63 bits per heavy atom. The van der Waals surface area contributed by atoms with Crippen LogP contribution in [0.1, 0.15) is 52.8 Å². The second-order valence-electron chi connectivity index (χ2n) is 7.31. The quantitative estimate of drug-likeness (QED) is 0.549. The van der Waals surface area contributed by atoms with Gasteiger partial charge in [-0.2, -0.15) is 0 Å². The summed E-state index contributed by atoms with van der Waals surface area (Å²) in [6.07, 6.45) is 5.26. The van der Waals surface area contributed by atoms with Crippen LogP contribution in [0.5, 0.6) is 17.2 Å². The smallest absolute Gasteiger partial charge is 0.251 e. The Balaban J connectivity index is 1.43. The molecule has 2 aromatic carbocycles. The van der Waals surface area contributed by atoms with Gasteiger partial charge in [-0.1, -0.05) is 6.07 Å². The largest absolute Gasteiger partial charge is 0.508 e.